The number of carbonyl (C=O) groups excluding carboxylic acids is 3. The summed E-state index contributed by atoms with van der Waals surface area (Å²) in [4.78, 5) is 48.2. The molecule has 60 heavy (non-hydrogen) atoms. The fourth-order valence-electron chi connectivity index (χ4n) is 6.41. The summed E-state index contributed by atoms with van der Waals surface area (Å²) in [7, 11) is 1.66. The smallest absolute Gasteiger partial charge is 0.325 e. The minimum absolute atomic E-state index is 0.00512. The summed E-state index contributed by atoms with van der Waals surface area (Å²) in [6.45, 7) is 8.65. The number of benzene rings is 4. The highest BCUT2D eigenvalue weighted by Gasteiger charge is 2.28. The van der Waals surface area contributed by atoms with Crippen molar-refractivity contribution >= 4 is 61.0 Å². The molecular formula is C45H51N5O8S2. The minimum atomic E-state index is -0.366. The first-order valence-electron chi connectivity index (χ1n) is 20.1. The zero-order valence-corrected chi connectivity index (χ0v) is 35.8. The number of nitrogens with one attached hydrogen (secondary N) is 1. The maximum absolute atomic E-state index is 12.6. The number of esters is 2. The van der Waals surface area contributed by atoms with E-state index in [0.29, 0.717) is 49.7 Å². The van der Waals surface area contributed by atoms with Gasteiger partial charge in [-0.3, -0.25) is 19.3 Å². The van der Waals surface area contributed by atoms with E-state index in [9.17, 15) is 14.4 Å². The lowest BCUT2D eigenvalue weighted by Gasteiger charge is -2.32. The van der Waals surface area contributed by atoms with Gasteiger partial charge in [-0.05, 0) is 106 Å². The highest BCUT2D eigenvalue weighted by Crippen LogP contribution is 2.33. The van der Waals surface area contributed by atoms with Crippen LogP contribution in [0.5, 0.6) is 27.6 Å². The molecule has 0 spiro atoms. The second kappa shape index (κ2) is 22.7. The minimum Gasteiger partial charge on any atom is -0.492 e. The van der Waals surface area contributed by atoms with Crippen molar-refractivity contribution in [3.8, 4) is 27.6 Å². The summed E-state index contributed by atoms with van der Waals surface area (Å²) in [6, 6.07) is 31.3. The van der Waals surface area contributed by atoms with Crippen LogP contribution in [-0.4, -0.2) is 97.2 Å². The van der Waals surface area contributed by atoms with E-state index in [1.807, 2.05) is 104 Å². The molecule has 15 heteroatoms. The van der Waals surface area contributed by atoms with Crippen molar-refractivity contribution in [2.24, 2.45) is 5.92 Å². The number of hydrogen-bond donors (Lipinski definition) is 1. The van der Waals surface area contributed by atoms with E-state index in [0.717, 1.165) is 75.7 Å². The fraction of sp³-hybridized carbons (Fsp3) is 0.356. The zero-order valence-electron chi connectivity index (χ0n) is 34.2. The predicted octanol–water partition coefficient (Wildman–Crippen LogP) is 8.33. The molecule has 0 aliphatic carbocycles. The van der Waals surface area contributed by atoms with Gasteiger partial charge in [0, 0.05) is 32.6 Å². The Morgan fingerprint density at radius 2 is 1.27 bits per heavy atom. The third-order valence-corrected chi connectivity index (χ3v) is 11.3. The van der Waals surface area contributed by atoms with Crippen LogP contribution >= 0.6 is 22.7 Å². The Hall–Kier alpha value is -5.61. The number of likely N-dealkylation sites (tertiary alicyclic amines) is 1. The van der Waals surface area contributed by atoms with E-state index in [4.69, 9.17) is 23.7 Å². The van der Waals surface area contributed by atoms with Crippen molar-refractivity contribution in [2.45, 2.75) is 39.7 Å². The van der Waals surface area contributed by atoms with Crippen molar-refractivity contribution in [3.05, 3.63) is 103 Å². The van der Waals surface area contributed by atoms with E-state index in [1.165, 1.54) is 27.6 Å². The summed E-state index contributed by atoms with van der Waals surface area (Å²) in [5.74, 6) is 1.69. The topological polar surface area (TPSA) is 142 Å². The van der Waals surface area contributed by atoms with E-state index in [1.54, 1.807) is 14.0 Å². The van der Waals surface area contributed by atoms with Crippen LogP contribution < -0.4 is 19.5 Å². The van der Waals surface area contributed by atoms with Gasteiger partial charge in [0.15, 0.2) is 0 Å². The van der Waals surface area contributed by atoms with Crippen molar-refractivity contribution in [3.63, 3.8) is 0 Å². The van der Waals surface area contributed by atoms with Gasteiger partial charge in [-0.15, -0.1) is 0 Å². The van der Waals surface area contributed by atoms with E-state index in [-0.39, 0.29) is 30.3 Å². The summed E-state index contributed by atoms with van der Waals surface area (Å²) >= 11 is 3.05. The maximum Gasteiger partial charge on any atom is 0.325 e. The number of aromatic nitrogens is 2. The molecule has 1 saturated heterocycles. The van der Waals surface area contributed by atoms with Crippen molar-refractivity contribution in [1.29, 1.82) is 0 Å². The van der Waals surface area contributed by atoms with Gasteiger partial charge in [-0.1, -0.05) is 59.1 Å². The van der Waals surface area contributed by atoms with Crippen LogP contribution in [0.4, 0.5) is 0 Å². The molecule has 1 aliphatic heterocycles. The average molecular weight is 854 g/mol. The van der Waals surface area contributed by atoms with Gasteiger partial charge in [0.1, 0.15) is 30.4 Å². The van der Waals surface area contributed by atoms with Crippen LogP contribution in [0, 0.1) is 5.92 Å². The molecule has 0 atom stereocenters. The molecule has 1 amide bonds. The number of carbonyl (C=O) groups is 3. The Kier molecular flexibility index (Phi) is 16.6. The van der Waals surface area contributed by atoms with Gasteiger partial charge in [-0.25, -0.2) is 9.97 Å². The number of piperidine rings is 1. The monoisotopic (exact) mass is 853 g/mol. The Morgan fingerprint density at radius 3 is 1.83 bits per heavy atom. The summed E-state index contributed by atoms with van der Waals surface area (Å²) in [5, 5.41) is 4.49. The molecule has 7 rings (SSSR count). The third kappa shape index (κ3) is 13.5. The maximum atomic E-state index is 12.6. The molecule has 1 aliphatic rings. The van der Waals surface area contributed by atoms with Crippen LogP contribution in [-0.2, 0) is 30.4 Å². The number of rotatable bonds is 18. The summed E-state index contributed by atoms with van der Waals surface area (Å²) in [6.07, 6.45) is 1.94. The molecule has 316 valence electrons. The number of amides is 1. The lowest BCUT2D eigenvalue weighted by Crippen LogP contribution is -2.43. The predicted molar refractivity (Wildman–Crippen MR) is 234 cm³/mol. The van der Waals surface area contributed by atoms with Crippen LogP contribution in [0.3, 0.4) is 0 Å². The molecule has 0 unspecified atom stereocenters. The van der Waals surface area contributed by atoms with Crippen LogP contribution in [0.1, 0.15) is 38.7 Å². The number of fused-ring (bicyclic) bond motifs is 2. The van der Waals surface area contributed by atoms with Crippen molar-refractivity contribution in [1.82, 2.24) is 25.1 Å². The molecule has 13 nitrogen and oxygen atoms in total. The SMILES string of the molecule is CCOC(=O)CCNCc1ccc(Oc2nc3ccccc3s2)cc1.CCOC(=O)CN(C)C(=O)C1CCN(CCOc2ccc(Oc3nc4ccccc4s3)cc2)CC1. The Bertz CT molecular complexity index is 2210. The Morgan fingerprint density at radius 1 is 0.733 bits per heavy atom. The molecular weight excluding hydrogens is 803 g/mol. The summed E-state index contributed by atoms with van der Waals surface area (Å²) < 4.78 is 29.6. The Labute approximate surface area is 358 Å². The quantitative estimate of drug-likeness (QED) is 0.0657. The number of thiazole rings is 2. The first kappa shape index (κ1) is 44.0. The normalized spacial score (nSPS) is 13.0. The van der Waals surface area contributed by atoms with E-state index < -0.39 is 0 Å². The molecule has 2 aromatic heterocycles. The van der Waals surface area contributed by atoms with Gasteiger partial charge in [0.25, 0.3) is 10.4 Å². The van der Waals surface area contributed by atoms with Crippen LogP contribution in [0.25, 0.3) is 20.4 Å². The molecule has 3 heterocycles. The van der Waals surface area contributed by atoms with Crippen LogP contribution in [0.15, 0.2) is 97.1 Å². The lowest BCUT2D eigenvalue weighted by atomic mass is 9.95. The van der Waals surface area contributed by atoms with Gasteiger partial charge < -0.3 is 33.9 Å². The molecule has 6 aromatic rings. The lowest BCUT2D eigenvalue weighted by molar-refractivity contribution is -0.149. The number of likely N-dealkylation sites (N-methyl/N-ethyl adjacent to an activating group) is 1. The standard InChI is InChI=1S/C26H31N3O5S.C19H20N2O3S/c1-3-32-24(30)18-28(2)25(31)19-12-14-29(15-13-19)16-17-33-20-8-10-21(11-9-20)34-26-27-22-6-4-5-7-23(22)35-26;1-2-23-18(22)11-12-20-13-14-7-9-15(10-8-14)24-19-21-16-5-3-4-6-17(16)25-19/h4-11,19H,3,12-18H2,1-2H3;3-10,20H,2,11-13H2,1H3. The Balaban J connectivity index is 0.000000213. The molecule has 0 bridgehead atoms. The van der Waals surface area contributed by atoms with Crippen LogP contribution in [0.2, 0.25) is 0 Å². The number of hydrogen-bond acceptors (Lipinski definition) is 14. The van der Waals surface area contributed by atoms with Gasteiger partial charge in [0.2, 0.25) is 5.91 Å². The molecule has 0 radical (unpaired) electrons. The summed E-state index contributed by atoms with van der Waals surface area (Å²) in [5.41, 5.74) is 3.01. The van der Waals surface area contributed by atoms with Gasteiger partial charge in [0.05, 0.1) is 40.1 Å². The van der Waals surface area contributed by atoms with Crippen molar-refractivity contribution < 1.29 is 38.1 Å². The number of ether oxygens (including phenoxy) is 5. The molecule has 1 N–H and O–H groups in total. The fourth-order valence-corrected chi connectivity index (χ4v) is 8.08. The number of nitrogens with zero attached hydrogens (tertiary/aromatic N) is 4. The number of para-hydroxylation sites is 2. The third-order valence-electron chi connectivity index (χ3n) is 9.51. The van der Waals surface area contributed by atoms with Crippen molar-refractivity contribution in [2.75, 3.05) is 59.6 Å². The average Bonchev–Trinajstić information content (AvgIpc) is 3.87. The van der Waals surface area contributed by atoms with Gasteiger partial charge in [-0.2, -0.15) is 0 Å². The molecule has 1 fully saturated rings. The first-order valence-corrected chi connectivity index (χ1v) is 21.8. The molecule has 0 saturated carbocycles. The van der Waals surface area contributed by atoms with Gasteiger partial charge >= 0.3 is 11.9 Å². The second-order valence-electron chi connectivity index (χ2n) is 13.9. The zero-order chi connectivity index (χ0) is 42.1. The first-order chi connectivity index (χ1) is 29.3. The highest BCUT2D eigenvalue weighted by molar-refractivity contribution is 7.20. The van der Waals surface area contributed by atoms with E-state index >= 15 is 0 Å². The second-order valence-corrected chi connectivity index (χ2v) is 15.9. The largest absolute Gasteiger partial charge is 0.492 e. The molecule has 4 aromatic carbocycles. The van der Waals surface area contributed by atoms with E-state index in [2.05, 4.69) is 20.2 Å². The highest BCUT2D eigenvalue weighted by atomic mass is 32.1.